The zero-order valence-electron chi connectivity index (χ0n) is 14.9. The summed E-state index contributed by atoms with van der Waals surface area (Å²) in [5.74, 6) is -0.286. The van der Waals surface area contributed by atoms with Crippen LogP contribution in [0.1, 0.15) is 29.8 Å². The quantitative estimate of drug-likeness (QED) is 0.610. The summed E-state index contributed by atoms with van der Waals surface area (Å²) in [5, 5.41) is 2.65. The number of rotatable bonds is 7. The van der Waals surface area contributed by atoms with Gasteiger partial charge in [0.2, 0.25) is 11.7 Å². The fraction of sp³-hybridized carbons (Fsp3) is 0.250. The lowest BCUT2D eigenvalue weighted by Crippen LogP contribution is -2.25. The number of anilines is 1. The van der Waals surface area contributed by atoms with Crippen LogP contribution in [-0.2, 0) is 20.7 Å². The average molecular weight is 355 g/mol. The van der Waals surface area contributed by atoms with Crippen molar-refractivity contribution in [2.75, 3.05) is 12.4 Å². The molecule has 1 N–H and O–H groups in total. The standard InChI is InChI=1S/C20H21NO5/c1-13(20(24)16-6-10-18(25-3)11-7-16)26-19(23)12-15-4-8-17(9-5-15)21-14(2)22/h4-11,13H,12H2,1-3H3,(H,21,22)/t13-/m0/s1. The fourth-order valence-corrected chi connectivity index (χ4v) is 2.36. The first kappa shape index (κ1) is 19.2. The van der Waals surface area contributed by atoms with E-state index >= 15 is 0 Å². The summed E-state index contributed by atoms with van der Waals surface area (Å²) >= 11 is 0. The molecule has 2 rings (SSSR count). The number of nitrogens with one attached hydrogen (secondary N) is 1. The Labute approximate surface area is 152 Å². The Bertz CT molecular complexity index is 781. The Balaban J connectivity index is 1.91. The lowest BCUT2D eigenvalue weighted by molar-refractivity contribution is -0.145. The van der Waals surface area contributed by atoms with Gasteiger partial charge in [-0.2, -0.15) is 0 Å². The summed E-state index contributed by atoms with van der Waals surface area (Å²) in [6.45, 7) is 2.97. The lowest BCUT2D eigenvalue weighted by Gasteiger charge is -2.13. The van der Waals surface area contributed by atoms with Crippen LogP contribution in [0.4, 0.5) is 5.69 Å². The smallest absolute Gasteiger partial charge is 0.310 e. The minimum absolute atomic E-state index is 0.0422. The third-order valence-electron chi connectivity index (χ3n) is 3.67. The van der Waals surface area contributed by atoms with E-state index in [4.69, 9.17) is 9.47 Å². The van der Waals surface area contributed by atoms with Crippen LogP contribution < -0.4 is 10.1 Å². The molecule has 26 heavy (non-hydrogen) atoms. The normalized spacial score (nSPS) is 11.3. The Morgan fingerprint density at radius 2 is 1.62 bits per heavy atom. The van der Waals surface area contributed by atoms with Gasteiger partial charge in [-0.25, -0.2) is 0 Å². The highest BCUT2D eigenvalue weighted by atomic mass is 16.5. The van der Waals surface area contributed by atoms with Crippen molar-refractivity contribution in [1.82, 2.24) is 0 Å². The molecular formula is C20H21NO5. The molecule has 0 fully saturated rings. The first-order valence-corrected chi connectivity index (χ1v) is 8.13. The van der Waals surface area contributed by atoms with Crippen LogP contribution in [0.15, 0.2) is 48.5 Å². The molecule has 0 heterocycles. The molecule has 0 aromatic heterocycles. The molecule has 0 spiro atoms. The van der Waals surface area contributed by atoms with E-state index in [-0.39, 0.29) is 18.1 Å². The number of Topliss-reactive ketones (excluding diaryl/α,β-unsaturated/α-hetero) is 1. The highest BCUT2D eigenvalue weighted by molar-refractivity contribution is 6.00. The summed E-state index contributed by atoms with van der Waals surface area (Å²) in [5.41, 5.74) is 1.83. The van der Waals surface area contributed by atoms with Gasteiger partial charge in [-0.05, 0) is 48.9 Å². The maximum Gasteiger partial charge on any atom is 0.310 e. The second-order valence-corrected chi connectivity index (χ2v) is 5.78. The Kier molecular flexibility index (Phi) is 6.49. The molecule has 136 valence electrons. The van der Waals surface area contributed by atoms with Crippen molar-refractivity contribution in [3.8, 4) is 5.75 Å². The average Bonchev–Trinajstić information content (AvgIpc) is 2.62. The van der Waals surface area contributed by atoms with Crippen molar-refractivity contribution in [3.05, 3.63) is 59.7 Å². The zero-order valence-corrected chi connectivity index (χ0v) is 14.9. The number of ether oxygens (including phenoxy) is 2. The number of hydrogen-bond donors (Lipinski definition) is 1. The van der Waals surface area contributed by atoms with E-state index in [9.17, 15) is 14.4 Å². The summed E-state index contributed by atoms with van der Waals surface area (Å²) < 4.78 is 10.3. The molecule has 0 aliphatic carbocycles. The maximum absolute atomic E-state index is 12.3. The van der Waals surface area contributed by atoms with Crippen LogP contribution in [0.2, 0.25) is 0 Å². The SMILES string of the molecule is COc1ccc(C(=O)[C@H](C)OC(=O)Cc2ccc(NC(C)=O)cc2)cc1. The van der Waals surface area contributed by atoms with Crippen LogP contribution in [0.25, 0.3) is 0 Å². The number of amides is 1. The molecule has 1 amide bonds. The summed E-state index contributed by atoms with van der Waals surface area (Å²) in [6.07, 6.45) is -0.838. The van der Waals surface area contributed by atoms with Gasteiger partial charge in [0.25, 0.3) is 0 Å². The Morgan fingerprint density at radius 3 is 2.15 bits per heavy atom. The van der Waals surface area contributed by atoms with E-state index < -0.39 is 12.1 Å². The van der Waals surface area contributed by atoms with E-state index in [0.29, 0.717) is 17.0 Å². The molecule has 0 saturated carbocycles. The van der Waals surface area contributed by atoms with Gasteiger partial charge in [0.1, 0.15) is 5.75 Å². The number of carbonyl (C=O) groups is 3. The minimum atomic E-state index is -0.880. The number of methoxy groups -OCH3 is 1. The van der Waals surface area contributed by atoms with Crippen molar-refractivity contribution >= 4 is 23.3 Å². The van der Waals surface area contributed by atoms with Crippen LogP contribution >= 0.6 is 0 Å². The zero-order chi connectivity index (χ0) is 19.1. The van der Waals surface area contributed by atoms with Crippen molar-refractivity contribution in [2.24, 2.45) is 0 Å². The second-order valence-electron chi connectivity index (χ2n) is 5.78. The van der Waals surface area contributed by atoms with Crippen LogP contribution in [0.5, 0.6) is 5.75 Å². The summed E-state index contributed by atoms with van der Waals surface area (Å²) in [4.78, 5) is 35.4. The Hall–Kier alpha value is -3.15. The van der Waals surface area contributed by atoms with E-state index in [0.717, 1.165) is 5.56 Å². The number of hydrogen-bond acceptors (Lipinski definition) is 5. The number of esters is 1. The largest absolute Gasteiger partial charge is 0.497 e. The molecule has 0 bridgehead atoms. The van der Waals surface area contributed by atoms with Gasteiger partial charge < -0.3 is 14.8 Å². The van der Waals surface area contributed by atoms with Crippen molar-refractivity contribution in [2.45, 2.75) is 26.4 Å². The van der Waals surface area contributed by atoms with Crippen molar-refractivity contribution < 1.29 is 23.9 Å². The summed E-state index contributed by atoms with van der Waals surface area (Å²) in [7, 11) is 1.55. The summed E-state index contributed by atoms with van der Waals surface area (Å²) in [6, 6.07) is 13.5. The van der Waals surface area contributed by atoms with Gasteiger partial charge in [0.15, 0.2) is 6.10 Å². The third-order valence-corrected chi connectivity index (χ3v) is 3.67. The molecule has 0 aliphatic rings. The highest BCUT2D eigenvalue weighted by Gasteiger charge is 2.19. The molecule has 2 aromatic carbocycles. The molecule has 2 aromatic rings. The van der Waals surface area contributed by atoms with E-state index in [1.165, 1.54) is 6.92 Å². The number of carbonyl (C=O) groups excluding carboxylic acids is 3. The molecule has 0 aliphatic heterocycles. The number of benzene rings is 2. The van der Waals surface area contributed by atoms with E-state index in [1.54, 1.807) is 62.6 Å². The highest BCUT2D eigenvalue weighted by Crippen LogP contribution is 2.15. The maximum atomic E-state index is 12.3. The van der Waals surface area contributed by atoms with Gasteiger partial charge in [-0.15, -0.1) is 0 Å². The third kappa shape index (κ3) is 5.44. The predicted molar refractivity (Wildman–Crippen MR) is 97.3 cm³/mol. The Morgan fingerprint density at radius 1 is 1.00 bits per heavy atom. The molecule has 6 heteroatoms. The van der Waals surface area contributed by atoms with Crippen molar-refractivity contribution in [1.29, 1.82) is 0 Å². The van der Waals surface area contributed by atoms with Crippen LogP contribution in [0, 0.1) is 0 Å². The van der Waals surface area contributed by atoms with Gasteiger partial charge in [-0.3, -0.25) is 14.4 Å². The number of ketones is 1. The van der Waals surface area contributed by atoms with Crippen LogP contribution in [0.3, 0.4) is 0 Å². The second kappa shape index (κ2) is 8.80. The first-order chi connectivity index (χ1) is 12.4. The molecule has 0 radical (unpaired) electrons. The molecule has 6 nitrogen and oxygen atoms in total. The van der Waals surface area contributed by atoms with Gasteiger partial charge in [-0.1, -0.05) is 12.1 Å². The van der Waals surface area contributed by atoms with E-state index in [1.807, 2.05) is 0 Å². The topological polar surface area (TPSA) is 81.7 Å². The fourth-order valence-electron chi connectivity index (χ4n) is 2.36. The molecular weight excluding hydrogens is 334 g/mol. The van der Waals surface area contributed by atoms with Gasteiger partial charge in [0.05, 0.1) is 13.5 Å². The lowest BCUT2D eigenvalue weighted by atomic mass is 10.1. The molecule has 0 saturated heterocycles. The van der Waals surface area contributed by atoms with E-state index in [2.05, 4.69) is 5.32 Å². The monoisotopic (exact) mass is 355 g/mol. The minimum Gasteiger partial charge on any atom is -0.497 e. The first-order valence-electron chi connectivity index (χ1n) is 8.13. The van der Waals surface area contributed by atoms with Gasteiger partial charge >= 0.3 is 5.97 Å². The predicted octanol–water partition coefficient (Wildman–Crippen LogP) is 3.01. The molecule has 0 unspecified atom stereocenters. The molecule has 1 atom stereocenters. The van der Waals surface area contributed by atoms with Crippen molar-refractivity contribution in [3.63, 3.8) is 0 Å². The van der Waals surface area contributed by atoms with Crippen LogP contribution in [-0.4, -0.2) is 30.9 Å². The van der Waals surface area contributed by atoms with Gasteiger partial charge in [0, 0.05) is 18.2 Å².